The molecule has 1 amide bonds. The summed E-state index contributed by atoms with van der Waals surface area (Å²) in [5.74, 6) is 0.982. The Bertz CT molecular complexity index is 864. The maximum atomic E-state index is 12.1. The summed E-state index contributed by atoms with van der Waals surface area (Å²) in [6.07, 6.45) is 1.53. The molecule has 2 heterocycles. The molecule has 0 saturated heterocycles. The van der Waals surface area contributed by atoms with Gasteiger partial charge in [-0.25, -0.2) is 0 Å². The van der Waals surface area contributed by atoms with Crippen LogP contribution in [-0.4, -0.2) is 34.6 Å². The average molecular weight is 381 g/mol. The van der Waals surface area contributed by atoms with Gasteiger partial charge < -0.3 is 14.2 Å². The Morgan fingerprint density at radius 1 is 1.24 bits per heavy atom. The van der Waals surface area contributed by atoms with E-state index in [4.69, 9.17) is 32.0 Å². The van der Waals surface area contributed by atoms with E-state index in [1.807, 2.05) is 0 Å². The number of benzene rings is 1. The molecule has 25 heavy (non-hydrogen) atoms. The fourth-order valence-corrected chi connectivity index (χ4v) is 2.42. The van der Waals surface area contributed by atoms with Gasteiger partial charge in [-0.1, -0.05) is 23.2 Å². The number of halogens is 2. The Balaban J connectivity index is 1.54. The van der Waals surface area contributed by atoms with Crippen LogP contribution in [0.3, 0.4) is 0 Å². The molecule has 3 aromatic rings. The van der Waals surface area contributed by atoms with E-state index in [2.05, 4.69) is 15.5 Å². The van der Waals surface area contributed by atoms with Crippen LogP contribution in [0, 0.1) is 0 Å². The molecule has 3 rings (SSSR count). The van der Waals surface area contributed by atoms with Crippen LogP contribution in [0.4, 0.5) is 5.69 Å². The number of likely N-dealkylation sites (N-methyl/N-ethyl adjacent to an activating group) is 1. The lowest BCUT2D eigenvalue weighted by molar-refractivity contribution is -0.117. The number of hydrogen-bond donors (Lipinski definition) is 1. The molecule has 0 aliphatic carbocycles. The molecule has 2 aromatic heterocycles. The van der Waals surface area contributed by atoms with E-state index in [9.17, 15) is 4.79 Å². The molecular formula is C16H14Cl2N4O3. The molecular weight excluding hydrogens is 367 g/mol. The second-order valence-electron chi connectivity index (χ2n) is 5.33. The molecule has 0 radical (unpaired) electrons. The van der Waals surface area contributed by atoms with Crippen molar-refractivity contribution < 1.29 is 13.6 Å². The fourth-order valence-electron chi connectivity index (χ4n) is 2.12. The van der Waals surface area contributed by atoms with Crippen LogP contribution >= 0.6 is 23.2 Å². The van der Waals surface area contributed by atoms with E-state index in [-0.39, 0.29) is 12.5 Å². The van der Waals surface area contributed by atoms with Crippen LogP contribution in [0.25, 0.3) is 11.7 Å². The number of rotatable bonds is 6. The summed E-state index contributed by atoms with van der Waals surface area (Å²) in [7, 11) is 1.77. The molecule has 1 N–H and O–H groups in total. The molecule has 0 unspecified atom stereocenters. The van der Waals surface area contributed by atoms with Gasteiger partial charge in [0, 0.05) is 5.69 Å². The maximum absolute atomic E-state index is 12.1. The lowest BCUT2D eigenvalue weighted by atomic mass is 10.3. The predicted molar refractivity (Wildman–Crippen MR) is 93.4 cm³/mol. The fraction of sp³-hybridized carbons (Fsp3) is 0.188. The van der Waals surface area contributed by atoms with E-state index in [1.165, 1.54) is 6.26 Å². The van der Waals surface area contributed by atoms with Crippen molar-refractivity contribution in [1.82, 2.24) is 15.1 Å². The molecule has 0 bridgehead atoms. The van der Waals surface area contributed by atoms with Crippen LogP contribution in [0.15, 0.2) is 45.4 Å². The number of aromatic nitrogens is 2. The Morgan fingerprint density at radius 2 is 2.08 bits per heavy atom. The summed E-state index contributed by atoms with van der Waals surface area (Å²) in [5, 5.41) is 11.4. The second kappa shape index (κ2) is 7.69. The van der Waals surface area contributed by atoms with Gasteiger partial charge in [0.25, 0.3) is 5.89 Å². The molecule has 0 fully saturated rings. The number of carbonyl (C=O) groups is 1. The topological polar surface area (TPSA) is 84.4 Å². The van der Waals surface area contributed by atoms with E-state index in [0.717, 1.165) is 0 Å². The van der Waals surface area contributed by atoms with Crippen LogP contribution in [0.5, 0.6) is 0 Å². The summed E-state index contributed by atoms with van der Waals surface area (Å²) in [6, 6.07) is 8.36. The zero-order chi connectivity index (χ0) is 17.8. The first kappa shape index (κ1) is 17.5. The number of hydrogen-bond acceptors (Lipinski definition) is 6. The molecule has 7 nitrogen and oxygen atoms in total. The summed E-state index contributed by atoms with van der Waals surface area (Å²) in [4.78, 5) is 13.8. The van der Waals surface area contributed by atoms with E-state index in [0.29, 0.717) is 39.8 Å². The van der Waals surface area contributed by atoms with Crippen molar-refractivity contribution in [2.75, 3.05) is 18.9 Å². The van der Waals surface area contributed by atoms with E-state index in [1.54, 1.807) is 42.3 Å². The van der Waals surface area contributed by atoms with Crippen molar-refractivity contribution in [2.24, 2.45) is 0 Å². The molecule has 0 saturated carbocycles. The minimum absolute atomic E-state index is 0.138. The zero-order valence-electron chi connectivity index (χ0n) is 13.2. The van der Waals surface area contributed by atoms with Crippen LogP contribution in [0.2, 0.25) is 10.0 Å². The minimum atomic E-state index is -0.202. The first-order valence-electron chi connectivity index (χ1n) is 7.31. The Kier molecular flexibility index (Phi) is 5.37. The average Bonchev–Trinajstić information content (AvgIpc) is 3.21. The monoisotopic (exact) mass is 380 g/mol. The lowest BCUT2D eigenvalue weighted by Crippen LogP contribution is -2.29. The highest BCUT2D eigenvalue weighted by atomic mass is 35.5. The third-order valence-electron chi connectivity index (χ3n) is 3.22. The molecule has 9 heteroatoms. The summed E-state index contributed by atoms with van der Waals surface area (Å²) in [5.41, 5.74) is 0.575. The third-order valence-corrected chi connectivity index (χ3v) is 3.96. The predicted octanol–water partition coefficient (Wildman–Crippen LogP) is 3.71. The minimum Gasteiger partial charge on any atom is -0.459 e. The number of amides is 1. The quantitative estimate of drug-likeness (QED) is 0.701. The van der Waals surface area contributed by atoms with Crippen LogP contribution in [0.1, 0.15) is 5.89 Å². The molecule has 0 spiro atoms. The van der Waals surface area contributed by atoms with Crippen molar-refractivity contribution in [3.63, 3.8) is 0 Å². The summed E-state index contributed by atoms with van der Waals surface area (Å²) >= 11 is 11.8. The smallest absolute Gasteiger partial charge is 0.283 e. The second-order valence-corrected chi connectivity index (χ2v) is 6.14. The van der Waals surface area contributed by atoms with Gasteiger partial charge in [-0.05, 0) is 37.4 Å². The first-order valence-corrected chi connectivity index (χ1v) is 8.06. The summed E-state index contributed by atoms with van der Waals surface area (Å²) in [6.45, 7) is 0.460. The van der Waals surface area contributed by atoms with Gasteiger partial charge >= 0.3 is 0 Å². The molecule has 0 aliphatic heterocycles. The molecule has 0 atom stereocenters. The van der Waals surface area contributed by atoms with Crippen molar-refractivity contribution >= 4 is 34.8 Å². The van der Waals surface area contributed by atoms with Crippen molar-refractivity contribution in [3.05, 3.63) is 52.5 Å². The van der Waals surface area contributed by atoms with Gasteiger partial charge in [0.05, 0.1) is 29.4 Å². The highest BCUT2D eigenvalue weighted by Gasteiger charge is 2.14. The van der Waals surface area contributed by atoms with Gasteiger partial charge in [-0.15, -0.1) is 10.2 Å². The highest BCUT2D eigenvalue weighted by Crippen LogP contribution is 2.25. The highest BCUT2D eigenvalue weighted by molar-refractivity contribution is 6.42. The lowest BCUT2D eigenvalue weighted by Gasteiger charge is -2.14. The van der Waals surface area contributed by atoms with E-state index >= 15 is 0 Å². The van der Waals surface area contributed by atoms with Gasteiger partial charge in [0.15, 0.2) is 5.76 Å². The Morgan fingerprint density at radius 3 is 2.80 bits per heavy atom. The van der Waals surface area contributed by atoms with Gasteiger partial charge in [0.1, 0.15) is 0 Å². The Labute approximate surface area is 153 Å². The van der Waals surface area contributed by atoms with Crippen molar-refractivity contribution in [2.45, 2.75) is 6.54 Å². The zero-order valence-corrected chi connectivity index (χ0v) is 14.7. The van der Waals surface area contributed by atoms with Gasteiger partial charge in [0.2, 0.25) is 11.8 Å². The summed E-state index contributed by atoms with van der Waals surface area (Å²) < 4.78 is 10.7. The van der Waals surface area contributed by atoms with Crippen molar-refractivity contribution in [3.8, 4) is 11.7 Å². The number of furan rings is 1. The SMILES string of the molecule is CN(CC(=O)Nc1ccc(Cl)c(Cl)c1)Cc1nnc(-c2ccco2)o1. The molecule has 1 aromatic carbocycles. The largest absolute Gasteiger partial charge is 0.459 e. The number of anilines is 1. The Hall–Kier alpha value is -2.35. The third kappa shape index (κ3) is 4.60. The van der Waals surface area contributed by atoms with Crippen LogP contribution < -0.4 is 5.32 Å². The molecule has 0 aliphatic rings. The normalized spacial score (nSPS) is 11.0. The number of nitrogens with zero attached hydrogens (tertiary/aromatic N) is 3. The first-order chi connectivity index (χ1) is 12.0. The molecule has 130 valence electrons. The van der Waals surface area contributed by atoms with Crippen LogP contribution in [-0.2, 0) is 11.3 Å². The van der Waals surface area contributed by atoms with Gasteiger partial charge in [-0.3, -0.25) is 9.69 Å². The standard InChI is InChI=1S/C16H14Cl2N4O3/c1-22(8-14(23)19-10-4-5-11(17)12(18)7-10)9-15-20-21-16(25-15)13-3-2-6-24-13/h2-7H,8-9H2,1H3,(H,19,23). The van der Waals surface area contributed by atoms with E-state index < -0.39 is 0 Å². The number of carbonyl (C=O) groups excluding carboxylic acids is 1. The maximum Gasteiger partial charge on any atom is 0.283 e. The van der Waals surface area contributed by atoms with Gasteiger partial charge in [-0.2, -0.15) is 0 Å². The number of nitrogens with one attached hydrogen (secondary N) is 1. The van der Waals surface area contributed by atoms with Crippen molar-refractivity contribution in [1.29, 1.82) is 0 Å².